The van der Waals surface area contributed by atoms with Gasteiger partial charge < -0.3 is 9.84 Å². The summed E-state index contributed by atoms with van der Waals surface area (Å²) < 4.78 is 5.42. The van der Waals surface area contributed by atoms with Gasteiger partial charge in [0.15, 0.2) is 0 Å². The predicted molar refractivity (Wildman–Crippen MR) is 45.0 cm³/mol. The third-order valence-electron chi connectivity index (χ3n) is 2.54. The molecule has 1 fully saturated rings. The van der Waals surface area contributed by atoms with E-state index >= 15 is 0 Å². The Morgan fingerprint density at radius 1 is 1.50 bits per heavy atom. The Labute approximate surface area is 72.7 Å². The molecule has 0 amide bonds. The van der Waals surface area contributed by atoms with Gasteiger partial charge in [-0.3, -0.25) is 4.79 Å². The predicted octanol–water partition coefficient (Wildman–Crippen LogP) is 1.67. The van der Waals surface area contributed by atoms with Crippen molar-refractivity contribution in [2.45, 2.75) is 39.2 Å². The van der Waals surface area contributed by atoms with Crippen LogP contribution in [0.5, 0.6) is 0 Å². The van der Waals surface area contributed by atoms with Gasteiger partial charge in [0.2, 0.25) is 0 Å². The molecule has 12 heavy (non-hydrogen) atoms. The van der Waals surface area contributed by atoms with Crippen molar-refractivity contribution in [1.29, 1.82) is 0 Å². The average molecular weight is 172 g/mol. The SMILES string of the molecule is CC(C)(C(=O)O)[C@@H]1CCCCO1. The van der Waals surface area contributed by atoms with Crippen molar-refractivity contribution in [2.24, 2.45) is 5.41 Å². The number of hydrogen-bond acceptors (Lipinski definition) is 2. The molecule has 1 rings (SSSR count). The lowest BCUT2D eigenvalue weighted by Gasteiger charge is -2.33. The van der Waals surface area contributed by atoms with Crippen molar-refractivity contribution in [2.75, 3.05) is 6.61 Å². The van der Waals surface area contributed by atoms with Crippen molar-refractivity contribution in [3.63, 3.8) is 0 Å². The lowest BCUT2D eigenvalue weighted by molar-refractivity contribution is -0.159. The molecule has 0 unspecified atom stereocenters. The van der Waals surface area contributed by atoms with Crippen LogP contribution in [-0.2, 0) is 9.53 Å². The van der Waals surface area contributed by atoms with E-state index < -0.39 is 11.4 Å². The molecule has 0 saturated carbocycles. The number of aliphatic carboxylic acids is 1. The van der Waals surface area contributed by atoms with Crippen LogP contribution in [0.4, 0.5) is 0 Å². The summed E-state index contributed by atoms with van der Waals surface area (Å²) in [6, 6.07) is 0. The van der Waals surface area contributed by atoms with E-state index in [-0.39, 0.29) is 6.10 Å². The Kier molecular flexibility index (Phi) is 2.73. The fourth-order valence-corrected chi connectivity index (χ4v) is 1.45. The first-order valence-corrected chi connectivity index (χ1v) is 4.40. The van der Waals surface area contributed by atoms with Crippen LogP contribution in [-0.4, -0.2) is 23.8 Å². The molecular formula is C9H16O3. The largest absolute Gasteiger partial charge is 0.481 e. The average Bonchev–Trinajstić information content (AvgIpc) is 2.06. The third-order valence-corrected chi connectivity index (χ3v) is 2.54. The zero-order valence-corrected chi connectivity index (χ0v) is 7.67. The van der Waals surface area contributed by atoms with Crippen LogP contribution < -0.4 is 0 Å². The normalized spacial score (nSPS) is 25.3. The molecule has 1 aliphatic rings. The van der Waals surface area contributed by atoms with Crippen molar-refractivity contribution < 1.29 is 14.6 Å². The van der Waals surface area contributed by atoms with E-state index in [2.05, 4.69) is 0 Å². The van der Waals surface area contributed by atoms with Crippen LogP contribution >= 0.6 is 0 Å². The Morgan fingerprint density at radius 2 is 2.17 bits per heavy atom. The van der Waals surface area contributed by atoms with Crippen molar-refractivity contribution in [1.82, 2.24) is 0 Å². The van der Waals surface area contributed by atoms with Crippen LogP contribution in [0.1, 0.15) is 33.1 Å². The highest BCUT2D eigenvalue weighted by atomic mass is 16.5. The van der Waals surface area contributed by atoms with Gasteiger partial charge in [-0.25, -0.2) is 0 Å². The molecule has 0 spiro atoms. The third kappa shape index (κ3) is 1.78. The molecule has 1 heterocycles. The number of carbonyl (C=O) groups is 1. The molecule has 1 saturated heterocycles. The monoisotopic (exact) mass is 172 g/mol. The second-order valence-corrected chi connectivity index (χ2v) is 3.88. The van der Waals surface area contributed by atoms with Gasteiger partial charge in [0, 0.05) is 6.61 Å². The molecule has 0 aromatic heterocycles. The fourth-order valence-electron chi connectivity index (χ4n) is 1.45. The van der Waals surface area contributed by atoms with Gasteiger partial charge in [-0.2, -0.15) is 0 Å². The zero-order chi connectivity index (χ0) is 9.19. The minimum absolute atomic E-state index is 0.108. The maximum absolute atomic E-state index is 10.8. The lowest BCUT2D eigenvalue weighted by Crippen LogP contribution is -2.40. The highest BCUT2D eigenvalue weighted by molar-refractivity contribution is 5.74. The van der Waals surface area contributed by atoms with Gasteiger partial charge in [0.05, 0.1) is 11.5 Å². The molecule has 1 N–H and O–H groups in total. The Bertz CT molecular complexity index is 169. The van der Waals surface area contributed by atoms with Gasteiger partial charge in [0.1, 0.15) is 0 Å². The van der Waals surface area contributed by atoms with E-state index in [1.807, 2.05) is 0 Å². The molecule has 0 aromatic rings. The van der Waals surface area contributed by atoms with Crippen molar-refractivity contribution in [3.8, 4) is 0 Å². The summed E-state index contributed by atoms with van der Waals surface area (Å²) in [6.45, 7) is 4.16. The summed E-state index contributed by atoms with van der Waals surface area (Å²) in [5.74, 6) is -0.769. The highest BCUT2D eigenvalue weighted by Gasteiger charge is 2.38. The van der Waals surface area contributed by atoms with Crippen molar-refractivity contribution in [3.05, 3.63) is 0 Å². The summed E-state index contributed by atoms with van der Waals surface area (Å²) in [7, 11) is 0. The summed E-state index contributed by atoms with van der Waals surface area (Å²) in [4.78, 5) is 10.8. The van der Waals surface area contributed by atoms with Crippen LogP contribution in [0.15, 0.2) is 0 Å². The van der Waals surface area contributed by atoms with Crippen LogP contribution in [0.3, 0.4) is 0 Å². The number of ether oxygens (including phenoxy) is 1. The Morgan fingerprint density at radius 3 is 2.58 bits per heavy atom. The van der Waals surface area contributed by atoms with Gasteiger partial charge >= 0.3 is 5.97 Å². The zero-order valence-electron chi connectivity index (χ0n) is 7.67. The Balaban J connectivity index is 2.59. The van der Waals surface area contributed by atoms with E-state index in [0.717, 1.165) is 19.3 Å². The smallest absolute Gasteiger partial charge is 0.311 e. The fraction of sp³-hybridized carbons (Fsp3) is 0.889. The molecule has 3 nitrogen and oxygen atoms in total. The number of hydrogen-bond donors (Lipinski definition) is 1. The summed E-state index contributed by atoms with van der Waals surface area (Å²) in [5.41, 5.74) is -0.736. The minimum atomic E-state index is -0.769. The molecule has 1 aliphatic heterocycles. The maximum atomic E-state index is 10.8. The van der Waals surface area contributed by atoms with E-state index in [0.29, 0.717) is 6.61 Å². The second-order valence-electron chi connectivity index (χ2n) is 3.88. The quantitative estimate of drug-likeness (QED) is 0.689. The molecule has 0 aliphatic carbocycles. The first-order valence-electron chi connectivity index (χ1n) is 4.40. The van der Waals surface area contributed by atoms with Crippen LogP contribution in [0.2, 0.25) is 0 Å². The van der Waals surface area contributed by atoms with Gasteiger partial charge in [-0.15, -0.1) is 0 Å². The topological polar surface area (TPSA) is 46.5 Å². The van der Waals surface area contributed by atoms with Crippen LogP contribution in [0.25, 0.3) is 0 Å². The second kappa shape index (κ2) is 3.44. The van der Waals surface area contributed by atoms with E-state index in [9.17, 15) is 4.79 Å². The molecule has 70 valence electrons. The summed E-state index contributed by atoms with van der Waals surface area (Å²) >= 11 is 0. The molecule has 0 bridgehead atoms. The molecule has 1 atom stereocenters. The number of carboxylic acid groups (broad SMARTS) is 1. The van der Waals surface area contributed by atoms with E-state index in [1.165, 1.54) is 0 Å². The Hall–Kier alpha value is -0.570. The van der Waals surface area contributed by atoms with E-state index in [1.54, 1.807) is 13.8 Å². The van der Waals surface area contributed by atoms with E-state index in [4.69, 9.17) is 9.84 Å². The van der Waals surface area contributed by atoms with Gasteiger partial charge in [0.25, 0.3) is 0 Å². The van der Waals surface area contributed by atoms with Gasteiger partial charge in [-0.1, -0.05) is 0 Å². The molecule has 3 heteroatoms. The standard InChI is InChI=1S/C9H16O3/c1-9(2,8(10)11)7-5-3-4-6-12-7/h7H,3-6H2,1-2H3,(H,10,11)/t7-/m0/s1. The first kappa shape index (κ1) is 9.52. The lowest BCUT2D eigenvalue weighted by atomic mass is 9.83. The maximum Gasteiger partial charge on any atom is 0.311 e. The van der Waals surface area contributed by atoms with Gasteiger partial charge in [-0.05, 0) is 33.1 Å². The number of rotatable bonds is 2. The number of carboxylic acids is 1. The molecule has 0 aromatic carbocycles. The molecular weight excluding hydrogens is 156 g/mol. The minimum Gasteiger partial charge on any atom is -0.481 e. The summed E-state index contributed by atoms with van der Waals surface area (Å²) in [6.07, 6.45) is 2.91. The summed E-state index contributed by atoms with van der Waals surface area (Å²) in [5, 5.41) is 8.91. The van der Waals surface area contributed by atoms with Crippen molar-refractivity contribution >= 4 is 5.97 Å². The highest BCUT2D eigenvalue weighted by Crippen LogP contribution is 2.30. The first-order chi connectivity index (χ1) is 5.55. The molecule has 0 radical (unpaired) electrons. The van der Waals surface area contributed by atoms with Crippen LogP contribution in [0, 0.1) is 5.41 Å².